The van der Waals surface area contributed by atoms with Crippen molar-refractivity contribution in [2.45, 2.75) is 20.3 Å². The third kappa shape index (κ3) is 4.12. The molecule has 8 heteroatoms. The Labute approximate surface area is 181 Å². The zero-order chi connectivity index (χ0) is 20.5. The fraction of sp³-hybridized carbons (Fsp3) is 0.190. The Bertz CT molecular complexity index is 1200. The lowest BCUT2D eigenvalue weighted by atomic mass is 10.1. The van der Waals surface area contributed by atoms with Crippen LogP contribution < -0.4 is 11.1 Å². The first-order valence-electron chi connectivity index (χ1n) is 9.12. The Morgan fingerprint density at radius 2 is 2.00 bits per heavy atom. The maximum absolute atomic E-state index is 12.8. The molecular formula is C21H19ClN4OS2. The molecule has 0 fully saturated rings. The minimum atomic E-state index is -0.282. The van der Waals surface area contributed by atoms with Crippen LogP contribution in [0.3, 0.4) is 0 Å². The third-order valence-electron chi connectivity index (χ3n) is 4.35. The van der Waals surface area contributed by atoms with Crippen LogP contribution in [0, 0.1) is 5.92 Å². The SMILES string of the molecule is CC(C)Cc1ccc2c(N)c(C(=O)Nc3nc(-c4ccccc4Cl)cs3)sc2n1. The highest BCUT2D eigenvalue weighted by Crippen LogP contribution is 2.34. The molecule has 0 unspecified atom stereocenters. The number of benzene rings is 1. The Morgan fingerprint density at radius 3 is 2.76 bits per heavy atom. The number of carbonyl (C=O) groups excluding carboxylic acids is 1. The summed E-state index contributed by atoms with van der Waals surface area (Å²) in [5.41, 5.74) is 9.24. The van der Waals surface area contributed by atoms with E-state index in [2.05, 4.69) is 29.1 Å². The second-order valence-electron chi connectivity index (χ2n) is 7.07. The van der Waals surface area contributed by atoms with Gasteiger partial charge in [-0.3, -0.25) is 10.1 Å². The van der Waals surface area contributed by atoms with Gasteiger partial charge in [-0.05, 0) is 30.5 Å². The van der Waals surface area contributed by atoms with Crippen LogP contribution in [0.2, 0.25) is 5.02 Å². The number of aromatic nitrogens is 2. The predicted octanol–water partition coefficient (Wildman–Crippen LogP) is 6.11. The van der Waals surface area contributed by atoms with E-state index in [9.17, 15) is 4.79 Å². The summed E-state index contributed by atoms with van der Waals surface area (Å²) in [4.78, 5) is 23.2. The quantitative estimate of drug-likeness (QED) is 0.391. The summed E-state index contributed by atoms with van der Waals surface area (Å²) >= 11 is 8.89. The first-order valence-corrected chi connectivity index (χ1v) is 11.2. The van der Waals surface area contributed by atoms with Crippen LogP contribution in [0.4, 0.5) is 10.8 Å². The number of rotatable bonds is 5. The van der Waals surface area contributed by atoms with Crippen molar-refractivity contribution in [2.75, 3.05) is 11.1 Å². The Balaban J connectivity index is 1.58. The van der Waals surface area contributed by atoms with E-state index in [0.717, 1.165) is 33.6 Å². The van der Waals surface area contributed by atoms with Gasteiger partial charge in [0.15, 0.2) is 5.13 Å². The molecular weight excluding hydrogens is 424 g/mol. The van der Waals surface area contributed by atoms with E-state index in [0.29, 0.717) is 26.6 Å². The number of thiophene rings is 1. The molecule has 29 heavy (non-hydrogen) atoms. The molecule has 0 aliphatic heterocycles. The summed E-state index contributed by atoms with van der Waals surface area (Å²) in [7, 11) is 0. The van der Waals surface area contributed by atoms with E-state index in [1.807, 2.05) is 41.8 Å². The molecule has 3 aromatic heterocycles. The normalized spacial score (nSPS) is 11.3. The molecule has 0 saturated heterocycles. The molecule has 0 spiro atoms. The number of anilines is 2. The topological polar surface area (TPSA) is 80.9 Å². The van der Waals surface area contributed by atoms with E-state index in [1.54, 1.807) is 0 Å². The number of thiazole rings is 1. The molecule has 4 rings (SSSR count). The summed E-state index contributed by atoms with van der Waals surface area (Å²) < 4.78 is 0. The number of fused-ring (bicyclic) bond motifs is 1. The van der Waals surface area contributed by atoms with Crippen LogP contribution in [0.5, 0.6) is 0 Å². The zero-order valence-corrected chi connectivity index (χ0v) is 18.3. The summed E-state index contributed by atoms with van der Waals surface area (Å²) in [5.74, 6) is 0.230. The maximum Gasteiger partial charge on any atom is 0.269 e. The highest BCUT2D eigenvalue weighted by Gasteiger charge is 2.19. The van der Waals surface area contributed by atoms with Gasteiger partial charge in [0.1, 0.15) is 9.71 Å². The van der Waals surface area contributed by atoms with Gasteiger partial charge in [0.05, 0.1) is 11.4 Å². The molecule has 4 aromatic rings. The van der Waals surface area contributed by atoms with Crippen molar-refractivity contribution < 1.29 is 4.79 Å². The van der Waals surface area contributed by atoms with E-state index in [1.165, 1.54) is 22.7 Å². The lowest BCUT2D eigenvalue weighted by molar-refractivity contribution is 0.103. The van der Waals surface area contributed by atoms with Gasteiger partial charge in [0.2, 0.25) is 0 Å². The monoisotopic (exact) mass is 442 g/mol. The Morgan fingerprint density at radius 1 is 1.21 bits per heavy atom. The molecule has 5 nitrogen and oxygen atoms in total. The van der Waals surface area contributed by atoms with Gasteiger partial charge < -0.3 is 5.73 Å². The summed E-state index contributed by atoms with van der Waals surface area (Å²) in [5, 5.41) is 6.63. The van der Waals surface area contributed by atoms with Crippen molar-refractivity contribution >= 4 is 61.2 Å². The van der Waals surface area contributed by atoms with Crippen molar-refractivity contribution in [3.05, 3.63) is 57.4 Å². The number of nitrogens with one attached hydrogen (secondary N) is 1. The van der Waals surface area contributed by atoms with E-state index < -0.39 is 0 Å². The maximum atomic E-state index is 12.8. The molecule has 1 amide bonds. The highest BCUT2D eigenvalue weighted by molar-refractivity contribution is 7.21. The molecule has 0 radical (unpaired) electrons. The predicted molar refractivity (Wildman–Crippen MR) is 123 cm³/mol. The van der Waals surface area contributed by atoms with Crippen molar-refractivity contribution in [3.63, 3.8) is 0 Å². The van der Waals surface area contributed by atoms with Gasteiger partial charge >= 0.3 is 0 Å². The van der Waals surface area contributed by atoms with Crippen molar-refractivity contribution in [1.29, 1.82) is 0 Å². The van der Waals surface area contributed by atoms with Gasteiger partial charge in [-0.25, -0.2) is 9.97 Å². The first kappa shape index (κ1) is 19.8. The number of hydrogen-bond donors (Lipinski definition) is 2. The van der Waals surface area contributed by atoms with E-state index >= 15 is 0 Å². The molecule has 3 heterocycles. The minimum Gasteiger partial charge on any atom is -0.397 e. The fourth-order valence-corrected chi connectivity index (χ4v) is 4.96. The number of nitrogen functional groups attached to an aromatic ring is 1. The minimum absolute atomic E-state index is 0.282. The molecule has 0 aliphatic carbocycles. The van der Waals surface area contributed by atoms with E-state index in [-0.39, 0.29) is 5.91 Å². The fourth-order valence-electron chi connectivity index (χ4n) is 3.01. The van der Waals surface area contributed by atoms with Gasteiger partial charge in [-0.15, -0.1) is 22.7 Å². The smallest absolute Gasteiger partial charge is 0.269 e. The van der Waals surface area contributed by atoms with Crippen LogP contribution in [-0.4, -0.2) is 15.9 Å². The Kier molecular flexibility index (Phi) is 5.54. The number of hydrogen-bond acceptors (Lipinski definition) is 6. The lowest BCUT2D eigenvalue weighted by Gasteiger charge is -2.03. The molecule has 3 N–H and O–H groups in total. The van der Waals surface area contributed by atoms with Crippen LogP contribution in [-0.2, 0) is 6.42 Å². The van der Waals surface area contributed by atoms with Crippen LogP contribution >= 0.6 is 34.3 Å². The van der Waals surface area contributed by atoms with Gasteiger partial charge in [-0.1, -0.05) is 43.6 Å². The van der Waals surface area contributed by atoms with Crippen molar-refractivity contribution in [1.82, 2.24) is 9.97 Å². The van der Waals surface area contributed by atoms with Crippen LogP contribution in [0.25, 0.3) is 21.5 Å². The summed E-state index contributed by atoms with van der Waals surface area (Å²) in [6.07, 6.45) is 0.888. The first-order chi connectivity index (χ1) is 13.9. The molecule has 0 aliphatic rings. The zero-order valence-electron chi connectivity index (χ0n) is 15.9. The molecule has 0 atom stereocenters. The average molecular weight is 443 g/mol. The number of carbonyl (C=O) groups is 1. The van der Waals surface area contributed by atoms with Crippen LogP contribution in [0.1, 0.15) is 29.2 Å². The van der Waals surface area contributed by atoms with Crippen LogP contribution in [0.15, 0.2) is 41.8 Å². The standard InChI is InChI=1S/C21H19ClN4OS2/c1-11(2)9-12-7-8-14-17(23)18(29-20(14)24-12)19(27)26-21-25-16(10-28-21)13-5-3-4-6-15(13)22/h3-8,10-11H,9,23H2,1-2H3,(H,25,26,27). The number of nitrogens with two attached hydrogens (primary N) is 1. The molecule has 148 valence electrons. The Hall–Kier alpha value is -2.48. The second-order valence-corrected chi connectivity index (χ2v) is 9.33. The number of nitrogens with zero attached hydrogens (tertiary/aromatic N) is 2. The number of halogens is 1. The van der Waals surface area contributed by atoms with Crippen molar-refractivity contribution in [3.8, 4) is 11.3 Å². The van der Waals surface area contributed by atoms with E-state index in [4.69, 9.17) is 17.3 Å². The molecule has 0 bridgehead atoms. The highest BCUT2D eigenvalue weighted by atomic mass is 35.5. The lowest BCUT2D eigenvalue weighted by Crippen LogP contribution is -2.11. The largest absolute Gasteiger partial charge is 0.397 e. The summed E-state index contributed by atoms with van der Waals surface area (Å²) in [6.45, 7) is 4.30. The van der Waals surface area contributed by atoms with Crippen molar-refractivity contribution in [2.24, 2.45) is 5.92 Å². The van der Waals surface area contributed by atoms with Gasteiger partial charge in [0, 0.05) is 27.0 Å². The third-order valence-corrected chi connectivity index (χ3v) is 6.55. The molecule has 0 saturated carbocycles. The average Bonchev–Trinajstić information content (AvgIpc) is 3.26. The second kappa shape index (κ2) is 8.10. The number of amides is 1. The summed E-state index contributed by atoms with van der Waals surface area (Å²) in [6, 6.07) is 11.4. The van der Waals surface area contributed by atoms with Gasteiger partial charge in [0.25, 0.3) is 5.91 Å². The molecule has 1 aromatic carbocycles. The van der Waals surface area contributed by atoms with Gasteiger partial charge in [-0.2, -0.15) is 0 Å². The number of pyridine rings is 1.